The van der Waals surface area contributed by atoms with Crippen molar-refractivity contribution in [2.75, 3.05) is 33.1 Å². The summed E-state index contributed by atoms with van der Waals surface area (Å²) in [5, 5.41) is 3.20. The number of amides is 2. The van der Waals surface area contributed by atoms with Gasteiger partial charge in [-0.1, -0.05) is 24.3 Å². The number of carbonyl (C=O) groups excluding carboxylic acids is 2. The number of thioether (sulfide) groups is 1. The highest BCUT2D eigenvalue weighted by Crippen LogP contribution is 2.36. The molecule has 0 spiro atoms. The third-order valence-corrected chi connectivity index (χ3v) is 7.10. The first-order valence-electron chi connectivity index (χ1n) is 10.6. The molecule has 6 nitrogen and oxygen atoms in total. The van der Waals surface area contributed by atoms with Gasteiger partial charge in [0.1, 0.15) is 0 Å². The van der Waals surface area contributed by atoms with Gasteiger partial charge < -0.3 is 19.7 Å². The predicted molar refractivity (Wildman–Crippen MR) is 121 cm³/mol. The molecule has 7 heteroatoms. The highest BCUT2D eigenvalue weighted by atomic mass is 32.2. The SMILES string of the molecule is COc1ccc(CCN2C[C@H](C(=O)N[C@@H]3CCSc4ccccc43)CC2=O)cc1OC. The molecule has 1 fully saturated rings. The van der Waals surface area contributed by atoms with Crippen LogP contribution in [0.25, 0.3) is 0 Å². The molecular formula is C24H28N2O4S. The maximum absolute atomic E-state index is 12.9. The molecule has 31 heavy (non-hydrogen) atoms. The number of hydrogen-bond acceptors (Lipinski definition) is 5. The summed E-state index contributed by atoms with van der Waals surface area (Å²) in [6.07, 6.45) is 1.89. The molecule has 2 atom stereocenters. The monoisotopic (exact) mass is 440 g/mol. The van der Waals surface area contributed by atoms with Gasteiger partial charge in [-0.3, -0.25) is 9.59 Å². The smallest absolute Gasteiger partial charge is 0.225 e. The number of nitrogens with zero attached hydrogens (tertiary/aromatic N) is 1. The lowest BCUT2D eigenvalue weighted by Gasteiger charge is -2.27. The van der Waals surface area contributed by atoms with E-state index >= 15 is 0 Å². The molecule has 0 unspecified atom stereocenters. The van der Waals surface area contributed by atoms with Crippen LogP contribution in [-0.4, -0.2) is 49.8 Å². The Morgan fingerprint density at radius 2 is 1.97 bits per heavy atom. The molecule has 1 N–H and O–H groups in total. The molecule has 2 amide bonds. The molecular weight excluding hydrogens is 412 g/mol. The molecule has 2 aliphatic rings. The summed E-state index contributed by atoms with van der Waals surface area (Å²) in [5.41, 5.74) is 2.25. The van der Waals surface area contributed by atoms with Crippen molar-refractivity contribution in [1.29, 1.82) is 0 Å². The highest BCUT2D eigenvalue weighted by Gasteiger charge is 2.35. The van der Waals surface area contributed by atoms with Crippen LogP contribution in [0.1, 0.15) is 30.0 Å². The normalized spacial score (nSPS) is 20.3. The van der Waals surface area contributed by atoms with E-state index in [9.17, 15) is 9.59 Å². The minimum Gasteiger partial charge on any atom is -0.493 e. The average Bonchev–Trinajstić information content (AvgIpc) is 3.18. The van der Waals surface area contributed by atoms with Gasteiger partial charge in [0.05, 0.1) is 26.2 Å². The molecule has 1 saturated heterocycles. The zero-order valence-corrected chi connectivity index (χ0v) is 18.7. The summed E-state index contributed by atoms with van der Waals surface area (Å²) in [5.74, 6) is 2.08. The van der Waals surface area contributed by atoms with Crippen LogP contribution in [0.15, 0.2) is 47.4 Å². The largest absolute Gasteiger partial charge is 0.493 e. The number of benzene rings is 2. The summed E-state index contributed by atoms with van der Waals surface area (Å²) in [7, 11) is 3.22. The lowest BCUT2D eigenvalue weighted by molar-refractivity contribution is -0.129. The summed E-state index contributed by atoms with van der Waals surface area (Å²) in [4.78, 5) is 28.5. The van der Waals surface area contributed by atoms with E-state index in [0.29, 0.717) is 31.0 Å². The molecule has 2 aromatic carbocycles. The molecule has 4 rings (SSSR count). The lowest BCUT2D eigenvalue weighted by Crippen LogP contribution is -2.37. The fraction of sp³-hybridized carbons (Fsp3) is 0.417. The van der Waals surface area contributed by atoms with Crippen molar-refractivity contribution in [3.05, 3.63) is 53.6 Å². The Labute approximate surface area is 187 Å². The van der Waals surface area contributed by atoms with Crippen LogP contribution < -0.4 is 14.8 Å². The van der Waals surface area contributed by atoms with Gasteiger partial charge in [-0.05, 0) is 42.2 Å². The second kappa shape index (κ2) is 9.64. The van der Waals surface area contributed by atoms with Crippen molar-refractivity contribution in [1.82, 2.24) is 10.2 Å². The fourth-order valence-corrected chi connectivity index (χ4v) is 5.37. The molecule has 164 valence electrons. The van der Waals surface area contributed by atoms with Crippen molar-refractivity contribution in [2.24, 2.45) is 5.92 Å². The first-order chi connectivity index (χ1) is 15.1. The van der Waals surface area contributed by atoms with E-state index in [1.165, 1.54) is 10.5 Å². The van der Waals surface area contributed by atoms with Crippen LogP contribution in [0, 0.1) is 5.92 Å². The molecule has 0 aliphatic carbocycles. The number of likely N-dealkylation sites (tertiary alicyclic amines) is 1. The first-order valence-corrected chi connectivity index (χ1v) is 11.6. The van der Waals surface area contributed by atoms with E-state index in [-0.39, 0.29) is 30.2 Å². The molecule has 2 aromatic rings. The number of hydrogen-bond donors (Lipinski definition) is 1. The average molecular weight is 441 g/mol. The zero-order valence-electron chi connectivity index (χ0n) is 17.9. The van der Waals surface area contributed by atoms with Gasteiger partial charge in [0.25, 0.3) is 0 Å². The number of methoxy groups -OCH3 is 2. The van der Waals surface area contributed by atoms with E-state index < -0.39 is 0 Å². The number of carbonyl (C=O) groups is 2. The van der Waals surface area contributed by atoms with Gasteiger partial charge in [0.2, 0.25) is 11.8 Å². The fourth-order valence-electron chi connectivity index (χ4n) is 4.25. The van der Waals surface area contributed by atoms with Gasteiger partial charge in [0, 0.05) is 30.2 Å². The third-order valence-electron chi connectivity index (χ3n) is 5.98. The standard InChI is InChI=1S/C24H28N2O4S/c1-29-20-8-7-16(13-21(20)30-2)9-11-26-15-17(14-23(26)27)24(28)25-19-10-12-31-22-6-4-3-5-18(19)22/h3-8,13,17,19H,9-12,14-15H2,1-2H3,(H,25,28)/t17-,19-/m1/s1. The van der Waals surface area contributed by atoms with Crippen LogP contribution >= 0.6 is 11.8 Å². The number of nitrogens with one attached hydrogen (secondary N) is 1. The molecule has 2 aliphatic heterocycles. The van der Waals surface area contributed by atoms with Crippen molar-refractivity contribution in [3.8, 4) is 11.5 Å². The Balaban J connectivity index is 1.34. The molecule has 0 radical (unpaired) electrons. The Bertz CT molecular complexity index is 964. The number of ether oxygens (including phenoxy) is 2. The Hall–Kier alpha value is -2.67. The van der Waals surface area contributed by atoms with E-state index in [1.807, 2.05) is 42.1 Å². The van der Waals surface area contributed by atoms with E-state index in [0.717, 1.165) is 17.7 Å². The third kappa shape index (κ3) is 4.82. The maximum atomic E-state index is 12.9. The molecule has 0 bridgehead atoms. The first kappa shape index (κ1) is 21.6. The van der Waals surface area contributed by atoms with E-state index in [4.69, 9.17) is 9.47 Å². The van der Waals surface area contributed by atoms with Crippen LogP contribution in [0.4, 0.5) is 0 Å². The second-order valence-electron chi connectivity index (χ2n) is 7.92. The Morgan fingerprint density at radius 1 is 1.16 bits per heavy atom. The second-order valence-corrected chi connectivity index (χ2v) is 9.05. The molecule has 0 aromatic heterocycles. The van der Waals surface area contributed by atoms with Crippen LogP contribution in [0.3, 0.4) is 0 Å². The quantitative estimate of drug-likeness (QED) is 0.714. The van der Waals surface area contributed by atoms with Crippen molar-refractivity contribution in [3.63, 3.8) is 0 Å². The van der Waals surface area contributed by atoms with Gasteiger partial charge in [-0.15, -0.1) is 11.8 Å². The molecule has 2 heterocycles. The maximum Gasteiger partial charge on any atom is 0.225 e. The number of fused-ring (bicyclic) bond motifs is 1. The topological polar surface area (TPSA) is 67.9 Å². The Morgan fingerprint density at radius 3 is 2.77 bits per heavy atom. The minimum absolute atomic E-state index is 0.0198. The van der Waals surface area contributed by atoms with Gasteiger partial charge in [-0.25, -0.2) is 0 Å². The van der Waals surface area contributed by atoms with Crippen LogP contribution in [0.5, 0.6) is 11.5 Å². The van der Waals surface area contributed by atoms with Gasteiger partial charge in [0.15, 0.2) is 11.5 Å². The summed E-state index contributed by atoms with van der Waals surface area (Å²) in [6, 6.07) is 14.0. The van der Waals surface area contributed by atoms with Gasteiger partial charge in [-0.2, -0.15) is 0 Å². The minimum atomic E-state index is -0.292. The van der Waals surface area contributed by atoms with Crippen molar-refractivity contribution < 1.29 is 19.1 Å². The summed E-state index contributed by atoms with van der Waals surface area (Å²) >= 11 is 1.83. The van der Waals surface area contributed by atoms with E-state index in [1.54, 1.807) is 19.1 Å². The molecule has 0 saturated carbocycles. The van der Waals surface area contributed by atoms with Crippen LogP contribution in [0.2, 0.25) is 0 Å². The predicted octanol–water partition coefficient (Wildman–Crippen LogP) is 3.45. The van der Waals surface area contributed by atoms with Crippen molar-refractivity contribution >= 4 is 23.6 Å². The number of rotatable bonds is 7. The van der Waals surface area contributed by atoms with E-state index in [2.05, 4.69) is 17.4 Å². The highest BCUT2D eigenvalue weighted by molar-refractivity contribution is 7.99. The van der Waals surface area contributed by atoms with Crippen molar-refractivity contribution in [2.45, 2.75) is 30.2 Å². The zero-order chi connectivity index (χ0) is 21.8. The van der Waals surface area contributed by atoms with Gasteiger partial charge >= 0.3 is 0 Å². The summed E-state index contributed by atoms with van der Waals surface area (Å²) in [6.45, 7) is 1.06. The van der Waals surface area contributed by atoms with Crippen LogP contribution in [-0.2, 0) is 16.0 Å². The Kier molecular flexibility index (Phi) is 6.70. The summed E-state index contributed by atoms with van der Waals surface area (Å²) < 4.78 is 10.6. The lowest BCUT2D eigenvalue weighted by atomic mass is 10.0.